The van der Waals surface area contributed by atoms with Crippen molar-refractivity contribution in [3.63, 3.8) is 0 Å². The number of hydrogen-bond donors (Lipinski definition) is 2. The third kappa shape index (κ3) is 2.46. The molecular weight excluding hydrogens is 284 g/mol. The average molecular weight is 297 g/mol. The van der Waals surface area contributed by atoms with Gasteiger partial charge < -0.3 is 15.7 Å². The lowest BCUT2D eigenvalue weighted by Gasteiger charge is -2.21. The summed E-state index contributed by atoms with van der Waals surface area (Å²) in [4.78, 5) is 35.8. The molecular formula is C13H13ClN2O4. The number of aromatic carboxylic acids is 1. The summed E-state index contributed by atoms with van der Waals surface area (Å²) in [6, 6.07) is 2.87. The minimum absolute atomic E-state index is 0.00351. The Morgan fingerprint density at radius 3 is 2.60 bits per heavy atom. The van der Waals surface area contributed by atoms with E-state index in [1.807, 2.05) is 0 Å². The van der Waals surface area contributed by atoms with Crippen LogP contribution in [0, 0.1) is 12.8 Å². The molecule has 1 fully saturated rings. The lowest BCUT2D eigenvalue weighted by atomic mass is 10.1. The fraction of sp³-hybridized carbons (Fsp3) is 0.308. The molecule has 0 saturated carbocycles. The molecule has 1 aromatic carbocycles. The van der Waals surface area contributed by atoms with Gasteiger partial charge in [0.25, 0.3) is 0 Å². The predicted molar refractivity (Wildman–Crippen MR) is 72.8 cm³/mol. The maximum atomic E-state index is 12.0. The number of carbonyl (C=O) groups excluding carboxylic acids is 2. The highest BCUT2D eigenvalue weighted by Crippen LogP contribution is 2.33. The van der Waals surface area contributed by atoms with Gasteiger partial charge in [-0.25, -0.2) is 4.79 Å². The number of primary amides is 1. The molecule has 3 N–H and O–H groups in total. The number of nitrogens with two attached hydrogens (primary N) is 1. The molecule has 0 radical (unpaired) electrons. The minimum atomic E-state index is -1.18. The van der Waals surface area contributed by atoms with E-state index < -0.39 is 17.8 Å². The van der Waals surface area contributed by atoms with Crippen molar-refractivity contribution in [2.45, 2.75) is 13.3 Å². The molecule has 20 heavy (non-hydrogen) atoms. The van der Waals surface area contributed by atoms with Crippen LogP contribution in [0.4, 0.5) is 5.69 Å². The topological polar surface area (TPSA) is 101 Å². The molecule has 1 aliphatic rings. The number of amides is 2. The van der Waals surface area contributed by atoms with Crippen LogP contribution in [0.1, 0.15) is 22.3 Å². The van der Waals surface area contributed by atoms with Crippen LogP contribution < -0.4 is 10.6 Å². The second-order valence-electron chi connectivity index (χ2n) is 4.73. The fourth-order valence-corrected chi connectivity index (χ4v) is 2.64. The quantitative estimate of drug-likeness (QED) is 0.874. The fourth-order valence-electron chi connectivity index (χ4n) is 2.37. The highest BCUT2D eigenvalue weighted by molar-refractivity contribution is 6.31. The maximum absolute atomic E-state index is 12.0. The van der Waals surface area contributed by atoms with E-state index in [1.54, 1.807) is 13.0 Å². The van der Waals surface area contributed by atoms with Crippen LogP contribution in [0.3, 0.4) is 0 Å². The number of hydrogen-bond acceptors (Lipinski definition) is 3. The SMILES string of the molecule is Cc1cc(Cl)cc(C(=O)O)c1N1CC(C(N)=O)CC1=O. The van der Waals surface area contributed by atoms with Crippen LogP contribution in [0.25, 0.3) is 0 Å². The summed E-state index contributed by atoms with van der Waals surface area (Å²) in [6.07, 6.45) is -0.00351. The molecule has 2 amide bonds. The summed E-state index contributed by atoms with van der Waals surface area (Å²) in [6.45, 7) is 1.76. The number of nitrogens with zero attached hydrogens (tertiary/aromatic N) is 1. The van der Waals surface area contributed by atoms with Crippen molar-refractivity contribution in [1.82, 2.24) is 0 Å². The van der Waals surface area contributed by atoms with Crippen LogP contribution in [0.5, 0.6) is 0 Å². The van der Waals surface area contributed by atoms with Crippen molar-refractivity contribution in [2.75, 3.05) is 11.4 Å². The molecule has 1 heterocycles. The second-order valence-corrected chi connectivity index (χ2v) is 5.17. The predicted octanol–water partition coefficient (Wildman–Crippen LogP) is 1.18. The Labute approximate surface area is 120 Å². The molecule has 1 unspecified atom stereocenters. The van der Waals surface area contributed by atoms with Crippen molar-refractivity contribution in [2.24, 2.45) is 11.7 Å². The zero-order valence-corrected chi connectivity index (χ0v) is 11.5. The Bertz CT molecular complexity index is 615. The van der Waals surface area contributed by atoms with Gasteiger partial charge in [0.15, 0.2) is 0 Å². The summed E-state index contributed by atoms with van der Waals surface area (Å²) >= 11 is 5.85. The Kier molecular flexibility index (Phi) is 3.67. The van der Waals surface area contributed by atoms with E-state index in [9.17, 15) is 19.5 Å². The summed E-state index contributed by atoms with van der Waals surface area (Å²) in [5.74, 6) is -2.66. The largest absolute Gasteiger partial charge is 0.478 e. The Morgan fingerprint density at radius 2 is 2.10 bits per heavy atom. The summed E-state index contributed by atoms with van der Waals surface area (Å²) in [5, 5.41) is 9.53. The van der Waals surface area contributed by atoms with Gasteiger partial charge in [-0.05, 0) is 24.6 Å². The molecule has 0 bridgehead atoms. The lowest BCUT2D eigenvalue weighted by Crippen LogP contribution is -2.30. The van der Waals surface area contributed by atoms with Gasteiger partial charge in [-0.1, -0.05) is 11.6 Å². The molecule has 0 aliphatic carbocycles. The number of carboxylic acids is 1. The smallest absolute Gasteiger partial charge is 0.337 e. The molecule has 1 aromatic rings. The van der Waals surface area contributed by atoms with Gasteiger partial charge >= 0.3 is 5.97 Å². The van der Waals surface area contributed by atoms with Crippen LogP contribution >= 0.6 is 11.6 Å². The van der Waals surface area contributed by atoms with Crippen molar-refractivity contribution >= 4 is 35.1 Å². The van der Waals surface area contributed by atoms with E-state index in [0.29, 0.717) is 5.56 Å². The first kappa shape index (κ1) is 14.3. The number of anilines is 1. The normalized spacial score (nSPS) is 18.4. The van der Waals surface area contributed by atoms with Gasteiger partial charge in [0.2, 0.25) is 11.8 Å². The zero-order valence-electron chi connectivity index (χ0n) is 10.7. The maximum Gasteiger partial charge on any atom is 0.337 e. The Hall–Kier alpha value is -2.08. The van der Waals surface area contributed by atoms with E-state index in [1.165, 1.54) is 11.0 Å². The molecule has 0 aromatic heterocycles. The van der Waals surface area contributed by atoms with Crippen molar-refractivity contribution in [3.05, 3.63) is 28.3 Å². The van der Waals surface area contributed by atoms with E-state index in [4.69, 9.17) is 17.3 Å². The first-order valence-electron chi connectivity index (χ1n) is 5.94. The lowest BCUT2D eigenvalue weighted by molar-refractivity contribution is -0.123. The highest BCUT2D eigenvalue weighted by Gasteiger charge is 2.36. The van der Waals surface area contributed by atoms with Crippen molar-refractivity contribution in [3.8, 4) is 0 Å². The van der Waals surface area contributed by atoms with Gasteiger partial charge in [0.1, 0.15) is 0 Å². The number of carboxylic acid groups (broad SMARTS) is 1. The van der Waals surface area contributed by atoms with Gasteiger partial charge in [-0.2, -0.15) is 0 Å². The third-order valence-electron chi connectivity index (χ3n) is 3.29. The van der Waals surface area contributed by atoms with E-state index in [2.05, 4.69) is 0 Å². The minimum Gasteiger partial charge on any atom is -0.478 e. The second kappa shape index (κ2) is 5.13. The van der Waals surface area contributed by atoms with Crippen molar-refractivity contribution < 1.29 is 19.5 Å². The highest BCUT2D eigenvalue weighted by atomic mass is 35.5. The number of carbonyl (C=O) groups is 3. The van der Waals surface area contributed by atoms with Gasteiger partial charge in [0, 0.05) is 18.0 Å². The zero-order chi connectivity index (χ0) is 15.0. The molecule has 1 aliphatic heterocycles. The number of aryl methyl sites for hydroxylation is 1. The van der Waals surface area contributed by atoms with Gasteiger partial charge in [-0.3, -0.25) is 9.59 Å². The van der Waals surface area contributed by atoms with Crippen molar-refractivity contribution in [1.29, 1.82) is 0 Å². The van der Waals surface area contributed by atoms with Crippen LogP contribution in [0.2, 0.25) is 5.02 Å². The molecule has 0 spiro atoms. The number of halogens is 1. The molecule has 106 valence electrons. The number of benzene rings is 1. The molecule has 2 rings (SSSR count). The average Bonchev–Trinajstić information content (AvgIpc) is 2.70. The third-order valence-corrected chi connectivity index (χ3v) is 3.51. The summed E-state index contributed by atoms with van der Waals surface area (Å²) < 4.78 is 0. The van der Waals surface area contributed by atoms with Crippen LogP contribution in [-0.4, -0.2) is 29.4 Å². The number of rotatable bonds is 3. The van der Waals surface area contributed by atoms with Crippen LogP contribution in [0.15, 0.2) is 12.1 Å². The van der Waals surface area contributed by atoms with Crippen LogP contribution in [-0.2, 0) is 9.59 Å². The molecule has 1 atom stereocenters. The molecule has 1 saturated heterocycles. The van der Waals surface area contributed by atoms with Gasteiger partial charge in [-0.15, -0.1) is 0 Å². The molecule has 6 nitrogen and oxygen atoms in total. The first-order chi connectivity index (χ1) is 9.31. The van der Waals surface area contributed by atoms with Gasteiger partial charge in [0.05, 0.1) is 17.2 Å². The Balaban J connectivity index is 2.50. The van der Waals surface area contributed by atoms with E-state index >= 15 is 0 Å². The summed E-state index contributed by atoms with van der Waals surface area (Å²) in [5.41, 5.74) is 5.98. The standard InChI is InChI=1S/C13H13ClN2O4/c1-6-2-8(14)4-9(13(19)20)11(6)16-5-7(12(15)18)3-10(16)17/h2,4,7H,3,5H2,1H3,(H2,15,18)(H,19,20). The Morgan fingerprint density at radius 1 is 1.45 bits per heavy atom. The monoisotopic (exact) mass is 296 g/mol. The first-order valence-corrected chi connectivity index (χ1v) is 6.32. The van der Waals surface area contributed by atoms with E-state index in [-0.39, 0.29) is 35.1 Å². The molecule has 7 heteroatoms. The van der Waals surface area contributed by atoms with E-state index in [0.717, 1.165) is 0 Å². The summed E-state index contributed by atoms with van der Waals surface area (Å²) in [7, 11) is 0.